The van der Waals surface area contributed by atoms with E-state index in [4.69, 9.17) is 6.42 Å². The van der Waals surface area contributed by atoms with Crippen LogP contribution in [0.1, 0.15) is 43.0 Å². The molecule has 0 aromatic heterocycles. The van der Waals surface area contributed by atoms with Gasteiger partial charge in [-0.1, -0.05) is 19.1 Å². The van der Waals surface area contributed by atoms with Crippen LogP contribution in [0.2, 0.25) is 0 Å². The smallest absolute Gasteiger partial charge is 0.240 e. The number of nitrogens with one attached hydrogen (secondary N) is 1. The van der Waals surface area contributed by atoms with Crippen LogP contribution >= 0.6 is 0 Å². The molecular weight excluding hydrogens is 274 g/mol. The largest absolute Gasteiger partial charge is 0.294 e. The Labute approximate surface area is 120 Å². The third-order valence-electron chi connectivity index (χ3n) is 2.83. The molecule has 0 aliphatic heterocycles. The molecule has 0 unspecified atom stereocenters. The highest BCUT2D eigenvalue weighted by Gasteiger charge is 2.15. The van der Waals surface area contributed by atoms with E-state index in [1.54, 1.807) is 19.1 Å². The summed E-state index contributed by atoms with van der Waals surface area (Å²) in [5.41, 5.74) is 0.419. The van der Waals surface area contributed by atoms with E-state index in [0.717, 1.165) is 6.42 Å². The van der Waals surface area contributed by atoms with Gasteiger partial charge in [0.15, 0.2) is 5.78 Å². The number of terminal acetylenes is 1. The summed E-state index contributed by atoms with van der Waals surface area (Å²) in [6.07, 6.45) is 7.59. The molecule has 0 radical (unpaired) electrons. The summed E-state index contributed by atoms with van der Waals surface area (Å²) in [6.45, 7) is 2.09. The maximum atomic E-state index is 12.1. The zero-order valence-electron chi connectivity index (χ0n) is 11.6. The Morgan fingerprint density at radius 2 is 2.10 bits per heavy atom. The lowest BCUT2D eigenvalue weighted by molar-refractivity contribution is 0.0988. The number of hydrogen-bond acceptors (Lipinski definition) is 3. The number of hydrogen-bond donors (Lipinski definition) is 1. The van der Waals surface area contributed by atoms with Crippen LogP contribution in [0.15, 0.2) is 29.2 Å². The second kappa shape index (κ2) is 7.83. The van der Waals surface area contributed by atoms with Crippen LogP contribution in [0.25, 0.3) is 0 Å². The van der Waals surface area contributed by atoms with Crippen molar-refractivity contribution in [3.63, 3.8) is 0 Å². The van der Waals surface area contributed by atoms with Crippen LogP contribution in [0.5, 0.6) is 0 Å². The Hall–Kier alpha value is -1.64. The topological polar surface area (TPSA) is 63.2 Å². The van der Waals surface area contributed by atoms with Gasteiger partial charge in [0, 0.05) is 24.9 Å². The van der Waals surface area contributed by atoms with Gasteiger partial charge in [0.05, 0.1) is 4.90 Å². The standard InChI is InChI=1S/C15H19NO3S/c1-3-5-6-7-11-16-20(18,19)14-10-8-9-13(12-14)15(17)4-2/h1,8-10,12,16H,4-7,11H2,2H3. The minimum absolute atomic E-state index is 0.0731. The van der Waals surface area contributed by atoms with E-state index in [1.165, 1.54) is 12.1 Å². The Balaban J connectivity index is 2.73. The molecule has 0 fully saturated rings. The Morgan fingerprint density at radius 3 is 2.75 bits per heavy atom. The first kappa shape index (κ1) is 16.4. The van der Waals surface area contributed by atoms with E-state index in [0.29, 0.717) is 31.4 Å². The number of carbonyl (C=O) groups excluding carboxylic acids is 1. The molecule has 0 saturated carbocycles. The maximum Gasteiger partial charge on any atom is 0.240 e. The molecule has 1 aromatic rings. The first-order chi connectivity index (χ1) is 9.51. The fourth-order valence-corrected chi connectivity index (χ4v) is 2.80. The van der Waals surface area contributed by atoms with Crippen molar-refractivity contribution < 1.29 is 13.2 Å². The van der Waals surface area contributed by atoms with E-state index in [1.807, 2.05) is 0 Å². The van der Waals surface area contributed by atoms with Crippen LogP contribution in [0, 0.1) is 12.3 Å². The fraction of sp³-hybridized carbons (Fsp3) is 0.400. The van der Waals surface area contributed by atoms with Crippen LogP contribution in [-0.4, -0.2) is 20.7 Å². The lowest BCUT2D eigenvalue weighted by Crippen LogP contribution is -2.25. The molecule has 0 amide bonds. The van der Waals surface area contributed by atoms with E-state index >= 15 is 0 Å². The third-order valence-corrected chi connectivity index (χ3v) is 4.29. The van der Waals surface area contributed by atoms with E-state index < -0.39 is 10.0 Å². The molecule has 5 heteroatoms. The minimum Gasteiger partial charge on any atom is -0.294 e. The Kier molecular flexibility index (Phi) is 6.43. The van der Waals surface area contributed by atoms with Crippen molar-refractivity contribution in [2.75, 3.05) is 6.54 Å². The van der Waals surface area contributed by atoms with Crippen LogP contribution in [0.4, 0.5) is 0 Å². The molecule has 0 saturated heterocycles. The van der Waals surface area contributed by atoms with Crippen molar-refractivity contribution in [3.8, 4) is 12.3 Å². The van der Waals surface area contributed by atoms with E-state index in [9.17, 15) is 13.2 Å². The van der Waals surface area contributed by atoms with Gasteiger partial charge in [-0.15, -0.1) is 12.3 Å². The van der Waals surface area contributed by atoms with Crippen LogP contribution in [0.3, 0.4) is 0 Å². The molecule has 0 spiro atoms. The second-order valence-corrected chi connectivity index (χ2v) is 6.13. The van der Waals surface area contributed by atoms with Crippen molar-refractivity contribution in [1.82, 2.24) is 4.72 Å². The average molecular weight is 293 g/mol. The lowest BCUT2D eigenvalue weighted by atomic mass is 10.1. The van der Waals surface area contributed by atoms with E-state index in [-0.39, 0.29) is 10.7 Å². The normalized spacial score (nSPS) is 11.0. The average Bonchev–Trinajstić information content (AvgIpc) is 2.46. The van der Waals surface area contributed by atoms with Crippen molar-refractivity contribution in [2.45, 2.75) is 37.5 Å². The van der Waals surface area contributed by atoms with Crippen molar-refractivity contribution >= 4 is 15.8 Å². The molecule has 0 aliphatic carbocycles. The SMILES string of the molecule is C#CCCCCNS(=O)(=O)c1cccc(C(=O)CC)c1. The van der Waals surface area contributed by atoms with Gasteiger partial charge in [0.2, 0.25) is 10.0 Å². The monoisotopic (exact) mass is 293 g/mol. The number of Topliss-reactive ketones (excluding diaryl/α,β-unsaturated/α-hetero) is 1. The number of carbonyl (C=O) groups is 1. The minimum atomic E-state index is -3.57. The molecule has 0 atom stereocenters. The molecule has 0 aliphatic rings. The second-order valence-electron chi connectivity index (χ2n) is 4.36. The maximum absolute atomic E-state index is 12.1. The zero-order chi connectivity index (χ0) is 15.0. The van der Waals surface area contributed by atoms with Crippen molar-refractivity contribution in [3.05, 3.63) is 29.8 Å². The highest BCUT2D eigenvalue weighted by atomic mass is 32.2. The van der Waals surface area contributed by atoms with Gasteiger partial charge in [0.1, 0.15) is 0 Å². The molecule has 108 valence electrons. The number of benzene rings is 1. The van der Waals surface area contributed by atoms with Gasteiger partial charge in [0.25, 0.3) is 0 Å². The summed E-state index contributed by atoms with van der Waals surface area (Å²) in [5.74, 6) is 2.44. The lowest BCUT2D eigenvalue weighted by Gasteiger charge is -2.07. The number of ketones is 1. The predicted octanol–water partition coefficient (Wildman–Crippen LogP) is 2.36. The summed E-state index contributed by atoms with van der Waals surface area (Å²) >= 11 is 0. The predicted molar refractivity (Wildman–Crippen MR) is 78.9 cm³/mol. The van der Waals surface area contributed by atoms with Gasteiger partial charge in [-0.05, 0) is 25.0 Å². The summed E-state index contributed by atoms with van der Waals surface area (Å²) in [4.78, 5) is 11.7. The highest BCUT2D eigenvalue weighted by molar-refractivity contribution is 7.89. The first-order valence-corrected chi connectivity index (χ1v) is 8.06. The number of rotatable bonds is 8. The molecule has 0 bridgehead atoms. The Bertz CT molecular complexity index is 600. The summed E-state index contributed by atoms with van der Waals surface area (Å²) < 4.78 is 26.6. The van der Waals surface area contributed by atoms with Gasteiger partial charge in [-0.25, -0.2) is 13.1 Å². The first-order valence-electron chi connectivity index (χ1n) is 6.57. The fourth-order valence-electron chi connectivity index (χ4n) is 1.68. The summed E-state index contributed by atoms with van der Waals surface area (Å²) in [7, 11) is -3.57. The molecule has 1 aromatic carbocycles. The molecule has 1 rings (SSSR count). The molecule has 20 heavy (non-hydrogen) atoms. The molecule has 0 heterocycles. The number of sulfonamides is 1. The molecule has 4 nitrogen and oxygen atoms in total. The van der Waals surface area contributed by atoms with Gasteiger partial charge in [-0.2, -0.15) is 0 Å². The van der Waals surface area contributed by atoms with Crippen molar-refractivity contribution in [2.24, 2.45) is 0 Å². The number of unbranched alkanes of at least 4 members (excludes halogenated alkanes) is 2. The zero-order valence-corrected chi connectivity index (χ0v) is 12.4. The third kappa shape index (κ3) is 4.80. The van der Waals surface area contributed by atoms with E-state index in [2.05, 4.69) is 10.6 Å². The summed E-state index contributed by atoms with van der Waals surface area (Å²) in [5, 5.41) is 0. The van der Waals surface area contributed by atoms with Gasteiger partial charge in [-0.3, -0.25) is 4.79 Å². The van der Waals surface area contributed by atoms with Crippen LogP contribution in [-0.2, 0) is 10.0 Å². The Morgan fingerprint density at radius 1 is 1.35 bits per heavy atom. The highest BCUT2D eigenvalue weighted by Crippen LogP contribution is 2.13. The molecule has 1 N–H and O–H groups in total. The van der Waals surface area contributed by atoms with Crippen LogP contribution < -0.4 is 4.72 Å². The van der Waals surface area contributed by atoms with Crippen molar-refractivity contribution in [1.29, 1.82) is 0 Å². The summed E-state index contributed by atoms with van der Waals surface area (Å²) in [6, 6.07) is 6.10. The van der Waals surface area contributed by atoms with Gasteiger partial charge < -0.3 is 0 Å². The van der Waals surface area contributed by atoms with Gasteiger partial charge >= 0.3 is 0 Å². The quantitative estimate of drug-likeness (QED) is 0.454. The molecular formula is C15H19NO3S.